The molecule has 0 aromatic heterocycles. The first-order valence-corrected chi connectivity index (χ1v) is 43.0. The van der Waals surface area contributed by atoms with E-state index in [0.29, 0.717) is 23.9 Å². The number of quaternary nitrogens is 1. The van der Waals surface area contributed by atoms with Crippen molar-refractivity contribution in [2.45, 2.75) is 469 Å². The third-order valence-electron chi connectivity index (χ3n) is 19.8. The summed E-state index contributed by atoms with van der Waals surface area (Å²) in [5.74, 6) is -0.132. The summed E-state index contributed by atoms with van der Waals surface area (Å²) in [6, 6.07) is -0.759. The van der Waals surface area contributed by atoms with E-state index in [1.54, 1.807) is 0 Å². The highest BCUT2D eigenvalue weighted by molar-refractivity contribution is 7.47. The van der Waals surface area contributed by atoms with Gasteiger partial charge in [-0.15, -0.1) is 0 Å². The molecule has 0 bridgehead atoms. The summed E-state index contributed by atoms with van der Waals surface area (Å²) in [5.41, 5.74) is 0. The molecule has 0 radical (unpaired) electrons. The van der Waals surface area contributed by atoms with E-state index in [2.05, 4.69) is 31.3 Å². The van der Waals surface area contributed by atoms with Gasteiger partial charge >= 0.3 is 7.82 Å². The predicted molar refractivity (Wildman–Crippen MR) is 402 cm³/mol. The van der Waals surface area contributed by atoms with Crippen molar-refractivity contribution < 1.29 is 32.9 Å². The number of unbranched alkanes of at least 4 members (excludes halogenated alkanes) is 64. The van der Waals surface area contributed by atoms with Crippen molar-refractivity contribution in [2.24, 2.45) is 0 Å². The fraction of sp³-hybridized carbons (Fsp3) is 0.963. The highest BCUT2D eigenvalue weighted by Crippen LogP contribution is 2.43. The number of phosphoric ester groups is 1. The van der Waals surface area contributed by atoms with E-state index in [4.69, 9.17) is 9.05 Å². The van der Waals surface area contributed by atoms with Crippen LogP contribution < -0.4 is 5.32 Å². The van der Waals surface area contributed by atoms with Crippen molar-refractivity contribution in [1.82, 2.24) is 5.32 Å². The number of nitrogens with zero attached hydrogens (tertiary/aromatic N) is 1. The first kappa shape index (κ1) is 90.2. The molecule has 3 N–H and O–H groups in total. The molecule has 3 atom stereocenters. The Morgan fingerprint density at radius 3 is 0.846 bits per heavy atom. The Labute approximate surface area is 571 Å². The third-order valence-corrected chi connectivity index (χ3v) is 20.7. The van der Waals surface area contributed by atoms with Gasteiger partial charge in [-0.3, -0.25) is 13.8 Å². The Morgan fingerprint density at radius 2 is 0.593 bits per heavy atom. The molecule has 544 valence electrons. The quantitative estimate of drug-likeness (QED) is 0.0243. The van der Waals surface area contributed by atoms with E-state index in [1.807, 2.05) is 21.1 Å². The summed E-state index contributed by atoms with van der Waals surface area (Å²) in [6.07, 6.45) is 96.7. The van der Waals surface area contributed by atoms with Crippen LogP contribution in [0.25, 0.3) is 0 Å². The monoisotopic (exact) mass is 1310 g/mol. The van der Waals surface area contributed by atoms with Crippen molar-refractivity contribution in [3.63, 3.8) is 0 Å². The van der Waals surface area contributed by atoms with Crippen LogP contribution >= 0.6 is 7.82 Å². The van der Waals surface area contributed by atoms with Gasteiger partial charge in [-0.05, 0) is 38.5 Å². The molecule has 0 saturated carbocycles. The fourth-order valence-electron chi connectivity index (χ4n) is 13.3. The van der Waals surface area contributed by atoms with Crippen LogP contribution in [0.1, 0.15) is 457 Å². The molecule has 0 aliphatic rings. The molecular formula is C82H166N2O6P+. The van der Waals surface area contributed by atoms with Crippen LogP contribution in [0, 0.1) is 0 Å². The minimum Gasteiger partial charge on any atom is -0.391 e. The largest absolute Gasteiger partial charge is 0.472 e. The van der Waals surface area contributed by atoms with Crippen LogP contribution in [0.2, 0.25) is 0 Å². The standard InChI is InChI=1S/C82H165N2O6P/c1-6-8-10-12-14-16-18-20-22-24-26-28-30-32-34-36-38-39-40-41-42-43-44-45-46-48-50-52-54-56-58-60-62-64-66-68-70-72-74-76-82(86)83-80(79-90-91(87,88)89-78-77-84(3,4)5)81(85)75-73-71-69-67-65-63-61-59-57-55-53-51-49-47-37-35-33-31-29-27-25-23-21-19-17-15-13-11-9-7-2/h24,26,80-81,85H,6-23,25,27-79H2,1-5H3,(H-,83,86,87,88)/p+1/b26-24-. The number of likely N-dealkylation sites (N-methyl/N-ethyl adjacent to an activating group) is 1. The molecule has 1 amide bonds. The normalized spacial score (nSPS) is 13.4. The molecule has 0 aliphatic heterocycles. The van der Waals surface area contributed by atoms with Gasteiger partial charge in [0.1, 0.15) is 13.2 Å². The van der Waals surface area contributed by atoms with E-state index in [1.165, 1.54) is 392 Å². The Kier molecular flexibility index (Phi) is 72.9. The molecule has 8 nitrogen and oxygen atoms in total. The van der Waals surface area contributed by atoms with E-state index >= 15 is 0 Å². The molecule has 0 rings (SSSR count). The van der Waals surface area contributed by atoms with Gasteiger partial charge in [-0.2, -0.15) is 0 Å². The van der Waals surface area contributed by atoms with E-state index < -0.39 is 20.0 Å². The fourth-order valence-corrected chi connectivity index (χ4v) is 14.1. The van der Waals surface area contributed by atoms with Crippen LogP contribution in [0.4, 0.5) is 0 Å². The second-order valence-corrected chi connectivity index (χ2v) is 31.7. The zero-order valence-corrected chi connectivity index (χ0v) is 63.5. The van der Waals surface area contributed by atoms with E-state index in [-0.39, 0.29) is 19.1 Å². The number of hydrogen-bond donors (Lipinski definition) is 3. The number of phosphoric acid groups is 1. The Balaban J connectivity index is 3.87. The third kappa shape index (κ3) is 76.5. The second-order valence-electron chi connectivity index (χ2n) is 30.2. The maximum Gasteiger partial charge on any atom is 0.472 e. The Hall–Kier alpha value is -0.760. The number of hydrogen-bond acceptors (Lipinski definition) is 5. The predicted octanol–water partition coefficient (Wildman–Crippen LogP) is 27.2. The van der Waals surface area contributed by atoms with Crippen molar-refractivity contribution >= 4 is 13.7 Å². The van der Waals surface area contributed by atoms with E-state index in [0.717, 1.165) is 38.5 Å². The number of aliphatic hydroxyl groups excluding tert-OH is 1. The lowest BCUT2D eigenvalue weighted by Crippen LogP contribution is -2.46. The Morgan fingerprint density at radius 1 is 0.363 bits per heavy atom. The number of carbonyl (C=O) groups is 1. The van der Waals surface area contributed by atoms with Crippen molar-refractivity contribution in [2.75, 3.05) is 40.9 Å². The number of nitrogens with one attached hydrogen (secondary N) is 1. The van der Waals surface area contributed by atoms with Gasteiger partial charge in [0.05, 0.1) is 39.9 Å². The summed E-state index contributed by atoms with van der Waals surface area (Å²) < 4.78 is 24.0. The lowest BCUT2D eigenvalue weighted by molar-refractivity contribution is -0.870. The topological polar surface area (TPSA) is 105 Å². The van der Waals surface area contributed by atoms with Gasteiger partial charge in [-0.1, -0.05) is 424 Å². The van der Waals surface area contributed by atoms with Gasteiger partial charge in [0, 0.05) is 6.42 Å². The van der Waals surface area contributed by atoms with Gasteiger partial charge in [0.2, 0.25) is 5.91 Å². The maximum absolute atomic E-state index is 13.1. The zero-order valence-electron chi connectivity index (χ0n) is 62.6. The average molecular weight is 1310 g/mol. The molecule has 0 aromatic rings. The summed E-state index contributed by atoms with van der Waals surface area (Å²) in [5, 5.41) is 14.2. The molecule has 0 spiro atoms. The van der Waals surface area contributed by atoms with Crippen molar-refractivity contribution in [1.29, 1.82) is 0 Å². The van der Waals surface area contributed by atoms with Crippen molar-refractivity contribution in [3.05, 3.63) is 12.2 Å². The lowest BCUT2D eigenvalue weighted by Gasteiger charge is -2.26. The van der Waals surface area contributed by atoms with E-state index in [9.17, 15) is 19.4 Å². The smallest absolute Gasteiger partial charge is 0.391 e. The lowest BCUT2D eigenvalue weighted by atomic mass is 10.0. The molecule has 3 unspecified atom stereocenters. The number of carbonyl (C=O) groups excluding carboxylic acids is 1. The van der Waals surface area contributed by atoms with Crippen LogP contribution in [-0.2, 0) is 18.4 Å². The molecule has 9 heteroatoms. The SMILES string of the molecule is CCCCCCCCCC/C=C\CCCCCCCCCCCCCCCCCCCCCCCCCCCCCC(=O)NC(COP(=O)(O)OCC[N+](C)(C)C)C(O)CCCCCCCCCCCCCCCCCCCCCCCCCCCCCCCC. The Bertz CT molecular complexity index is 1490. The zero-order chi connectivity index (χ0) is 66.2. The van der Waals surface area contributed by atoms with Crippen LogP contribution in [-0.4, -0.2) is 73.4 Å². The minimum absolute atomic E-state index is 0.0790. The van der Waals surface area contributed by atoms with Crippen LogP contribution in [0.15, 0.2) is 12.2 Å². The highest BCUT2D eigenvalue weighted by atomic mass is 31.2. The summed E-state index contributed by atoms with van der Waals surface area (Å²) in [7, 11) is 1.65. The minimum atomic E-state index is -4.33. The molecule has 91 heavy (non-hydrogen) atoms. The van der Waals surface area contributed by atoms with Gasteiger partial charge in [-0.25, -0.2) is 4.57 Å². The van der Waals surface area contributed by atoms with Crippen LogP contribution in [0.5, 0.6) is 0 Å². The molecule has 0 heterocycles. The first-order valence-electron chi connectivity index (χ1n) is 41.6. The van der Waals surface area contributed by atoms with Gasteiger partial charge in [0.25, 0.3) is 0 Å². The molecule has 0 fully saturated rings. The second kappa shape index (κ2) is 73.5. The molecular weight excluding hydrogens is 1140 g/mol. The summed E-state index contributed by atoms with van der Waals surface area (Å²) in [4.78, 5) is 23.5. The van der Waals surface area contributed by atoms with Crippen LogP contribution in [0.3, 0.4) is 0 Å². The average Bonchev–Trinajstić information content (AvgIpc) is 3.58. The molecule has 0 aliphatic carbocycles. The van der Waals surface area contributed by atoms with Crippen molar-refractivity contribution in [3.8, 4) is 0 Å². The van der Waals surface area contributed by atoms with Gasteiger partial charge < -0.3 is 19.8 Å². The number of allylic oxidation sites excluding steroid dienone is 2. The summed E-state index contributed by atoms with van der Waals surface area (Å²) in [6.45, 7) is 4.97. The number of aliphatic hydroxyl groups is 1. The molecule has 0 saturated heterocycles. The van der Waals surface area contributed by atoms with Gasteiger partial charge in [0.15, 0.2) is 0 Å². The summed E-state index contributed by atoms with van der Waals surface area (Å²) >= 11 is 0. The highest BCUT2D eigenvalue weighted by Gasteiger charge is 2.28. The maximum atomic E-state index is 13.1. The number of amides is 1. The first-order chi connectivity index (χ1) is 44.5. The molecule has 0 aromatic carbocycles. The number of rotatable bonds is 79.